The zero-order chi connectivity index (χ0) is 22.5. The quantitative estimate of drug-likeness (QED) is 0.666. The zero-order valence-electron chi connectivity index (χ0n) is 19.8. The molecule has 3 rings (SSSR count). The van der Waals surface area contributed by atoms with E-state index in [2.05, 4.69) is 51.5 Å². The normalized spacial score (nSPS) is 29.2. The number of fused-ring (bicyclic) bond motifs is 2. The second kappa shape index (κ2) is 10.3. The fourth-order valence-corrected chi connectivity index (χ4v) is 5.64. The van der Waals surface area contributed by atoms with E-state index in [1.54, 1.807) is 30.3 Å². The van der Waals surface area contributed by atoms with E-state index in [0.717, 1.165) is 32.7 Å². The first-order valence-electron chi connectivity index (χ1n) is 11.5. The van der Waals surface area contributed by atoms with Gasteiger partial charge in [0.1, 0.15) is 0 Å². The highest BCUT2D eigenvalue weighted by Gasteiger charge is 2.65. The third-order valence-corrected chi connectivity index (χ3v) is 8.18. The van der Waals surface area contributed by atoms with E-state index in [1.807, 2.05) is 0 Å². The fraction of sp³-hybridized carbons (Fsp3) is 0.720. The van der Waals surface area contributed by atoms with Crippen LogP contribution in [0.4, 0.5) is 0 Å². The number of carboxylic acid groups (broad SMARTS) is 1. The van der Waals surface area contributed by atoms with Crippen LogP contribution < -0.4 is 0 Å². The van der Waals surface area contributed by atoms with Crippen molar-refractivity contribution in [1.29, 1.82) is 0 Å². The number of nitrogens with zero attached hydrogens (tertiary/aromatic N) is 2. The highest BCUT2D eigenvalue weighted by atomic mass is 16.4. The third-order valence-electron chi connectivity index (χ3n) is 8.18. The minimum atomic E-state index is -0.879. The van der Waals surface area contributed by atoms with Gasteiger partial charge in [-0.05, 0) is 61.9 Å². The number of carboxylic acids is 1. The maximum Gasteiger partial charge on any atom is 0.335 e. The Bertz CT molecular complexity index is 674. The molecule has 2 bridgehead atoms. The number of benzene rings is 1. The van der Waals surface area contributed by atoms with Crippen molar-refractivity contribution in [3.63, 3.8) is 0 Å². The molecule has 2 fully saturated rings. The van der Waals surface area contributed by atoms with Crippen molar-refractivity contribution in [2.24, 2.45) is 22.7 Å². The summed E-state index contributed by atoms with van der Waals surface area (Å²) in [5, 5.41) is 19.2. The Hall–Kier alpha value is -1.43. The van der Waals surface area contributed by atoms with Crippen molar-refractivity contribution in [3.8, 4) is 0 Å². The molecular formula is C25H42N2O3. The Morgan fingerprint density at radius 3 is 2.13 bits per heavy atom. The Balaban J connectivity index is 0.000000297. The molecule has 0 aromatic heterocycles. The molecule has 30 heavy (non-hydrogen) atoms. The predicted molar refractivity (Wildman–Crippen MR) is 123 cm³/mol. The van der Waals surface area contributed by atoms with Gasteiger partial charge in [-0.15, -0.1) is 0 Å². The van der Waals surface area contributed by atoms with Crippen LogP contribution in [-0.4, -0.2) is 71.9 Å². The highest BCUT2D eigenvalue weighted by molar-refractivity contribution is 5.87. The third kappa shape index (κ3) is 5.06. The van der Waals surface area contributed by atoms with Gasteiger partial charge in [-0.1, -0.05) is 52.8 Å². The lowest BCUT2D eigenvalue weighted by Crippen LogP contribution is -2.42. The van der Waals surface area contributed by atoms with Gasteiger partial charge in [0, 0.05) is 25.6 Å². The van der Waals surface area contributed by atoms with Crippen LogP contribution >= 0.6 is 0 Å². The summed E-state index contributed by atoms with van der Waals surface area (Å²) in [7, 11) is 2.22. The van der Waals surface area contributed by atoms with E-state index in [1.165, 1.54) is 12.8 Å². The molecule has 0 amide bonds. The van der Waals surface area contributed by atoms with Crippen LogP contribution in [0.2, 0.25) is 0 Å². The number of rotatable bonds is 8. The molecule has 0 spiro atoms. The number of carbonyl (C=O) groups is 1. The lowest BCUT2D eigenvalue weighted by molar-refractivity contribution is -0.0170. The highest BCUT2D eigenvalue weighted by Crippen LogP contribution is 2.67. The number of aliphatic hydroxyl groups is 1. The van der Waals surface area contributed by atoms with Gasteiger partial charge in [-0.3, -0.25) is 0 Å². The Morgan fingerprint density at radius 2 is 1.70 bits per heavy atom. The van der Waals surface area contributed by atoms with Crippen LogP contribution in [0, 0.1) is 22.7 Å². The number of likely N-dealkylation sites (N-methyl/N-ethyl adjacent to an activating group) is 2. The first kappa shape index (κ1) is 24.8. The van der Waals surface area contributed by atoms with Gasteiger partial charge in [0.15, 0.2) is 0 Å². The first-order chi connectivity index (χ1) is 14.1. The summed E-state index contributed by atoms with van der Waals surface area (Å²) < 4.78 is 0. The van der Waals surface area contributed by atoms with Crippen LogP contribution in [0.5, 0.6) is 0 Å². The summed E-state index contributed by atoms with van der Waals surface area (Å²) in [5.74, 6) is 0.268. The van der Waals surface area contributed by atoms with Crippen LogP contribution in [0.3, 0.4) is 0 Å². The van der Waals surface area contributed by atoms with E-state index in [4.69, 9.17) is 5.11 Å². The average Bonchev–Trinajstić information content (AvgIpc) is 3.03. The summed E-state index contributed by atoms with van der Waals surface area (Å²) in [6.45, 7) is 17.1. The predicted octanol–water partition coefficient (Wildman–Crippen LogP) is 4.08. The molecule has 5 nitrogen and oxygen atoms in total. The Labute approximate surface area is 183 Å². The molecule has 1 aromatic carbocycles. The molecule has 2 N–H and O–H groups in total. The van der Waals surface area contributed by atoms with Crippen molar-refractivity contribution in [3.05, 3.63) is 35.9 Å². The summed E-state index contributed by atoms with van der Waals surface area (Å²) in [6, 6.07) is 8.30. The summed E-state index contributed by atoms with van der Waals surface area (Å²) in [4.78, 5) is 15.1. The van der Waals surface area contributed by atoms with Crippen LogP contribution in [-0.2, 0) is 0 Å². The minimum absolute atomic E-state index is 0.123. The van der Waals surface area contributed by atoms with Crippen LogP contribution in [0.1, 0.15) is 57.8 Å². The molecule has 2 aliphatic carbocycles. The van der Waals surface area contributed by atoms with Crippen LogP contribution in [0.25, 0.3) is 0 Å². The molecule has 2 aliphatic rings. The molecule has 170 valence electrons. The van der Waals surface area contributed by atoms with Gasteiger partial charge < -0.3 is 20.0 Å². The lowest BCUT2D eigenvalue weighted by Gasteiger charge is -2.37. The average molecular weight is 419 g/mol. The maximum absolute atomic E-state index is 10.9. The van der Waals surface area contributed by atoms with E-state index in [0.29, 0.717) is 17.4 Å². The molecule has 4 atom stereocenters. The number of hydrogen-bond donors (Lipinski definition) is 2. The van der Waals surface area contributed by atoms with Crippen molar-refractivity contribution in [2.75, 3.05) is 39.8 Å². The molecule has 0 aliphatic heterocycles. The molecule has 5 heteroatoms. The smallest absolute Gasteiger partial charge is 0.335 e. The van der Waals surface area contributed by atoms with Crippen molar-refractivity contribution in [1.82, 2.24) is 9.80 Å². The van der Waals surface area contributed by atoms with Crippen molar-refractivity contribution in [2.45, 2.75) is 53.6 Å². The van der Waals surface area contributed by atoms with Crippen molar-refractivity contribution >= 4 is 5.97 Å². The maximum atomic E-state index is 10.9. The Kier molecular flexibility index (Phi) is 8.49. The zero-order valence-corrected chi connectivity index (χ0v) is 19.8. The number of aromatic carboxylic acids is 1. The van der Waals surface area contributed by atoms with E-state index < -0.39 is 5.97 Å². The molecule has 4 unspecified atom stereocenters. The largest absolute Gasteiger partial charge is 0.478 e. The van der Waals surface area contributed by atoms with E-state index in [9.17, 15) is 9.90 Å². The van der Waals surface area contributed by atoms with Gasteiger partial charge in [0.2, 0.25) is 0 Å². The Morgan fingerprint density at radius 1 is 1.10 bits per heavy atom. The molecular weight excluding hydrogens is 376 g/mol. The minimum Gasteiger partial charge on any atom is -0.478 e. The summed E-state index contributed by atoms with van der Waals surface area (Å²) in [6.07, 6.45) is 2.38. The van der Waals surface area contributed by atoms with Gasteiger partial charge >= 0.3 is 5.97 Å². The van der Waals surface area contributed by atoms with Gasteiger partial charge in [-0.2, -0.15) is 0 Å². The molecule has 0 radical (unpaired) electrons. The van der Waals surface area contributed by atoms with Gasteiger partial charge in [0.05, 0.1) is 11.7 Å². The van der Waals surface area contributed by atoms with E-state index >= 15 is 0 Å². The lowest BCUT2D eigenvalue weighted by atomic mass is 9.70. The second-order valence-electron chi connectivity index (χ2n) is 9.85. The molecule has 0 saturated heterocycles. The fourth-order valence-electron chi connectivity index (χ4n) is 5.64. The van der Waals surface area contributed by atoms with E-state index in [-0.39, 0.29) is 16.9 Å². The SMILES string of the molecule is CCN(CC)CCN(C)CC1C2CCC(C)(C1O)C2(C)C.O=C(O)c1ccccc1. The van der Waals surface area contributed by atoms with Crippen LogP contribution in [0.15, 0.2) is 30.3 Å². The number of hydrogen-bond acceptors (Lipinski definition) is 4. The topological polar surface area (TPSA) is 64.0 Å². The standard InChI is InChI=1S/C18H36N2O.C7H6O2/c1-7-20(8-2)12-11-19(6)13-14-15-9-10-18(5,16(14)21)17(15,3)4;8-7(9)6-4-2-1-3-5-6/h14-16,21H,7-13H2,1-6H3;1-5H,(H,8,9). The summed E-state index contributed by atoms with van der Waals surface area (Å²) >= 11 is 0. The molecule has 2 saturated carbocycles. The van der Waals surface area contributed by atoms with Gasteiger partial charge in [-0.25, -0.2) is 4.79 Å². The molecule has 0 heterocycles. The van der Waals surface area contributed by atoms with Gasteiger partial charge in [0.25, 0.3) is 0 Å². The van der Waals surface area contributed by atoms with Crippen molar-refractivity contribution < 1.29 is 15.0 Å². The number of aliphatic hydroxyl groups excluding tert-OH is 1. The summed E-state index contributed by atoms with van der Waals surface area (Å²) in [5.41, 5.74) is 0.747. The monoisotopic (exact) mass is 418 g/mol. The molecule has 1 aromatic rings. The second-order valence-corrected chi connectivity index (χ2v) is 9.85. The first-order valence-corrected chi connectivity index (χ1v) is 11.5.